The van der Waals surface area contributed by atoms with E-state index in [9.17, 15) is 19.8 Å². The van der Waals surface area contributed by atoms with Gasteiger partial charge in [0.05, 0.1) is 35.3 Å². The summed E-state index contributed by atoms with van der Waals surface area (Å²) >= 11 is 0. The number of carboxylic acids is 1. The lowest BCUT2D eigenvalue weighted by atomic mass is 9.32. The van der Waals surface area contributed by atoms with Crippen LogP contribution < -0.4 is 5.32 Å². The van der Waals surface area contributed by atoms with Crippen LogP contribution in [0.5, 0.6) is 0 Å². The Morgan fingerprint density at radius 2 is 1.76 bits per heavy atom. The second kappa shape index (κ2) is 8.01. The largest absolute Gasteiger partial charge is 0.481 e. The summed E-state index contributed by atoms with van der Waals surface area (Å²) in [7, 11) is 0. The lowest BCUT2D eigenvalue weighted by molar-refractivity contribution is -0.236. The first-order chi connectivity index (χ1) is 18.4. The van der Waals surface area contributed by atoms with Crippen LogP contribution in [0.2, 0.25) is 0 Å². The van der Waals surface area contributed by atoms with Gasteiger partial charge in [-0.3, -0.25) is 14.6 Å². The second-order valence-corrected chi connectivity index (χ2v) is 11.5. The van der Waals surface area contributed by atoms with Crippen LogP contribution in [-0.2, 0) is 17.9 Å². The minimum absolute atomic E-state index is 0.0268. The molecule has 38 heavy (non-hydrogen) atoms. The molecule has 7 heteroatoms. The molecular weight excluding hydrogens is 478 g/mol. The molecule has 4 aliphatic carbocycles. The summed E-state index contributed by atoms with van der Waals surface area (Å²) in [6.45, 7) is 0.493. The van der Waals surface area contributed by atoms with Crippen LogP contribution in [0.25, 0.3) is 22.0 Å². The molecule has 7 nitrogen and oxygen atoms in total. The zero-order valence-electron chi connectivity index (χ0n) is 21.0. The molecule has 192 valence electrons. The van der Waals surface area contributed by atoms with Crippen LogP contribution in [0, 0.1) is 10.8 Å². The highest BCUT2D eigenvalue weighted by atomic mass is 16.4. The number of hydrogen-bond donors (Lipinski definition) is 3. The number of fused-ring (bicyclic) bond motifs is 1. The van der Waals surface area contributed by atoms with E-state index in [0.29, 0.717) is 31.4 Å². The number of hydrogen-bond acceptors (Lipinski definition) is 4. The molecule has 2 heterocycles. The molecule has 4 aliphatic rings. The van der Waals surface area contributed by atoms with Gasteiger partial charge in [-0.25, -0.2) is 0 Å². The third kappa shape index (κ3) is 3.28. The molecule has 2 bridgehead atoms. The summed E-state index contributed by atoms with van der Waals surface area (Å²) in [5.41, 5.74) is 4.30. The van der Waals surface area contributed by atoms with Crippen LogP contribution in [-0.4, -0.2) is 37.2 Å². The molecule has 0 saturated heterocycles. The van der Waals surface area contributed by atoms with Crippen LogP contribution in [0.3, 0.4) is 0 Å². The number of benzene rings is 2. The van der Waals surface area contributed by atoms with E-state index in [1.54, 1.807) is 0 Å². The lowest BCUT2D eigenvalue weighted by Crippen LogP contribution is -2.73. The van der Waals surface area contributed by atoms with Gasteiger partial charge in [-0.2, -0.15) is 0 Å². The molecular formula is C31H29N3O4. The van der Waals surface area contributed by atoms with E-state index in [0.717, 1.165) is 46.1 Å². The lowest BCUT2D eigenvalue weighted by Gasteiger charge is -2.71. The monoisotopic (exact) mass is 507 g/mol. The average molecular weight is 508 g/mol. The average Bonchev–Trinajstić information content (AvgIpc) is 3.52. The number of carboxylic acid groups (broad SMARTS) is 1. The van der Waals surface area contributed by atoms with E-state index in [2.05, 4.69) is 14.9 Å². The van der Waals surface area contributed by atoms with Gasteiger partial charge in [0.25, 0.3) is 5.91 Å². The molecule has 1 amide bonds. The van der Waals surface area contributed by atoms with Crippen LogP contribution in [0.4, 0.5) is 0 Å². The minimum atomic E-state index is -0.691. The number of rotatable bonds is 8. The fraction of sp³-hybridized carbons (Fsp3) is 0.323. The van der Waals surface area contributed by atoms with Crippen molar-refractivity contribution in [1.82, 2.24) is 14.9 Å². The molecule has 0 radical (unpaired) electrons. The highest BCUT2D eigenvalue weighted by Gasteiger charge is 2.81. The van der Waals surface area contributed by atoms with Gasteiger partial charge in [-0.15, -0.1) is 0 Å². The fourth-order valence-corrected chi connectivity index (χ4v) is 7.09. The maximum Gasteiger partial charge on any atom is 0.309 e. The van der Waals surface area contributed by atoms with Crippen molar-refractivity contribution in [2.45, 2.75) is 50.8 Å². The van der Waals surface area contributed by atoms with E-state index >= 15 is 0 Å². The SMILES string of the molecule is O=C(NC1(C23CC(C(=O)O)(C2)C3)CC1)c1cccc2ccn(Cc3ccc(-c4ccccc4CO)cn3)c12. The van der Waals surface area contributed by atoms with Gasteiger partial charge in [0.1, 0.15) is 0 Å². The third-order valence-electron chi connectivity index (χ3n) is 9.29. The summed E-state index contributed by atoms with van der Waals surface area (Å²) in [5.74, 6) is -0.783. The molecule has 0 spiro atoms. The Kier molecular flexibility index (Phi) is 4.89. The Labute approximate surface area is 220 Å². The van der Waals surface area contributed by atoms with Crippen molar-refractivity contribution in [1.29, 1.82) is 0 Å². The predicted octanol–water partition coefficient (Wildman–Crippen LogP) is 4.76. The van der Waals surface area contributed by atoms with Crippen molar-refractivity contribution in [3.63, 3.8) is 0 Å². The van der Waals surface area contributed by atoms with Crippen molar-refractivity contribution in [2.24, 2.45) is 10.8 Å². The maximum absolute atomic E-state index is 13.6. The van der Waals surface area contributed by atoms with Gasteiger partial charge >= 0.3 is 5.97 Å². The van der Waals surface area contributed by atoms with Gasteiger partial charge in [0.2, 0.25) is 0 Å². The molecule has 4 saturated carbocycles. The molecule has 4 fully saturated rings. The third-order valence-corrected chi connectivity index (χ3v) is 9.29. The molecule has 0 aliphatic heterocycles. The standard InChI is InChI=1S/C31H29N3O4/c35-16-22-4-1-2-6-24(22)21-8-9-23(32-14-21)15-34-13-10-20-5-3-7-25(26(20)34)27(36)33-31(11-12-31)30-17-29(18-30,19-30)28(37)38/h1-10,13-14,35H,11-12,15-19H2,(H,33,36)(H,37,38). The Balaban J connectivity index is 1.13. The molecule has 4 aromatic rings. The van der Waals surface area contributed by atoms with Gasteiger partial charge in [-0.05, 0) is 66.8 Å². The summed E-state index contributed by atoms with van der Waals surface area (Å²) in [6, 6.07) is 19.6. The number of aromatic nitrogens is 2. The molecule has 3 N–H and O–H groups in total. The van der Waals surface area contributed by atoms with Crippen LogP contribution in [0.1, 0.15) is 53.7 Å². The number of para-hydroxylation sites is 1. The fourth-order valence-electron chi connectivity index (χ4n) is 7.09. The maximum atomic E-state index is 13.6. The number of aliphatic hydroxyl groups excluding tert-OH is 1. The molecule has 2 aromatic carbocycles. The van der Waals surface area contributed by atoms with Gasteiger partial charge in [0, 0.05) is 28.9 Å². The van der Waals surface area contributed by atoms with E-state index in [-0.39, 0.29) is 23.5 Å². The van der Waals surface area contributed by atoms with Crippen molar-refractivity contribution in [3.05, 3.63) is 89.9 Å². The molecule has 8 rings (SSSR count). The second-order valence-electron chi connectivity index (χ2n) is 11.5. The van der Waals surface area contributed by atoms with E-state index in [4.69, 9.17) is 0 Å². The van der Waals surface area contributed by atoms with E-state index < -0.39 is 11.4 Å². The normalized spacial score (nSPS) is 24.3. The number of amides is 1. The summed E-state index contributed by atoms with van der Waals surface area (Å²) < 4.78 is 2.06. The molecule has 0 atom stereocenters. The van der Waals surface area contributed by atoms with Crippen molar-refractivity contribution in [3.8, 4) is 11.1 Å². The first-order valence-electron chi connectivity index (χ1n) is 13.2. The number of carbonyl (C=O) groups is 2. The first kappa shape index (κ1) is 23.2. The number of pyridine rings is 1. The number of aliphatic carboxylic acids is 1. The molecule has 2 aromatic heterocycles. The number of nitrogens with zero attached hydrogens (tertiary/aromatic N) is 2. The van der Waals surface area contributed by atoms with Crippen molar-refractivity contribution in [2.75, 3.05) is 0 Å². The van der Waals surface area contributed by atoms with Crippen LogP contribution >= 0.6 is 0 Å². The van der Waals surface area contributed by atoms with E-state index in [1.807, 2.05) is 73.1 Å². The van der Waals surface area contributed by atoms with Crippen molar-refractivity contribution < 1.29 is 19.8 Å². The number of aliphatic hydroxyl groups is 1. The predicted molar refractivity (Wildman–Crippen MR) is 142 cm³/mol. The van der Waals surface area contributed by atoms with E-state index in [1.165, 1.54) is 0 Å². The van der Waals surface area contributed by atoms with Gasteiger partial charge in [-0.1, -0.05) is 42.5 Å². The zero-order valence-corrected chi connectivity index (χ0v) is 21.0. The van der Waals surface area contributed by atoms with Crippen molar-refractivity contribution >= 4 is 22.8 Å². The molecule has 0 unspecified atom stereocenters. The minimum Gasteiger partial charge on any atom is -0.481 e. The summed E-state index contributed by atoms with van der Waals surface area (Å²) in [6.07, 6.45) is 7.69. The Morgan fingerprint density at radius 3 is 2.45 bits per heavy atom. The topological polar surface area (TPSA) is 104 Å². The first-order valence-corrected chi connectivity index (χ1v) is 13.2. The smallest absolute Gasteiger partial charge is 0.309 e. The quantitative estimate of drug-likeness (QED) is 0.319. The zero-order chi connectivity index (χ0) is 26.1. The Morgan fingerprint density at radius 1 is 0.974 bits per heavy atom. The summed E-state index contributed by atoms with van der Waals surface area (Å²) in [4.78, 5) is 29.9. The van der Waals surface area contributed by atoms with Gasteiger partial charge in [0.15, 0.2) is 0 Å². The highest BCUT2D eigenvalue weighted by Crippen LogP contribution is 2.81. The number of nitrogens with one attached hydrogen (secondary N) is 1. The Hall–Kier alpha value is -3.97. The van der Waals surface area contributed by atoms with Gasteiger partial charge < -0.3 is 20.1 Å². The highest BCUT2D eigenvalue weighted by molar-refractivity contribution is 6.06. The summed E-state index contributed by atoms with van der Waals surface area (Å²) in [5, 5.41) is 23.5. The van der Waals surface area contributed by atoms with Crippen LogP contribution in [0.15, 0.2) is 73.1 Å². The number of carbonyl (C=O) groups excluding carboxylic acids is 1. The Bertz CT molecular complexity index is 1580.